The molecule has 0 saturated heterocycles. The molecule has 0 spiro atoms. The van der Waals surface area contributed by atoms with E-state index in [1.807, 2.05) is 25.6 Å². The summed E-state index contributed by atoms with van der Waals surface area (Å²) < 4.78 is 3.96. The van der Waals surface area contributed by atoms with Crippen LogP contribution >= 0.6 is 24.0 Å². The molecule has 0 amide bonds. The second-order valence-corrected chi connectivity index (χ2v) is 6.13. The summed E-state index contributed by atoms with van der Waals surface area (Å²) in [6.45, 7) is 10.7. The minimum Gasteiger partial charge on any atom is -0.356 e. The molecule has 0 aromatic carbocycles. The number of hydrogen-bond donors (Lipinski definition) is 2. The van der Waals surface area contributed by atoms with Gasteiger partial charge in [0.2, 0.25) is 0 Å². The lowest BCUT2D eigenvalue weighted by Gasteiger charge is -2.12. The van der Waals surface area contributed by atoms with Crippen molar-refractivity contribution >= 4 is 29.9 Å². The topological polar surface area (TPSA) is 72.1 Å². The summed E-state index contributed by atoms with van der Waals surface area (Å²) >= 11 is 0. The fourth-order valence-corrected chi connectivity index (χ4v) is 2.80. The molecule has 0 fully saturated rings. The number of aromatic nitrogens is 4. The van der Waals surface area contributed by atoms with E-state index in [0.29, 0.717) is 0 Å². The van der Waals surface area contributed by atoms with Gasteiger partial charge < -0.3 is 10.6 Å². The van der Waals surface area contributed by atoms with Crippen LogP contribution in [0.3, 0.4) is 0 Å². The van der Waals surface area contributed by atoms with Crippen LogP contribution in [0.1, 0.15) is 34.8 Å². The van der Waals surface area contributed by atoms with E-state index in [-0.39, 0.29) is 24.0 Å². The third-order valence-corrected chi connectivity index (χ3v) is 4.26. The van der Waals surface area contributed by atoms with Gasteiger partial charge in [-0.25, -0.2) is 0 Å². The van der Waals surface area contributed by atoms with Gasteiger partial charge in [-0.1, -0.05) is 0 Å². The minimum absolute atomic E-state index is 0. The molecular weight excluding hydrogens is 429 g/mol. The fourth-order valence-electron chi connectivity index (χ4n) is 2.80. The number of aliphatic imine (C=N–C) groups is 1. The Morgan fingerprint density at radius 3 is 2.40 bits per heavy atom. The fraction of sp³-hybridized carbons (Fsp3) is 0.588. The van der Waals surface area contributed by atoms with Crippen LogP contribution in [-0.2, 0) is 20.1 Å². The maximum atomic E-state index is 4.48. The normalized spacial score (nSPS) is 11.4. The Bertz CT molecular complexity index is 715. The van der Waals surface area contributed by atoms with Crippen molar-refractivity contribution in [1.82, 2.24) is 30.2 Å². The van der Waals surface area contributed by atoms with E-state index >= 15 is 0 Å². The quantitative estimate of drug-likeness (QED) is 0.301. The van der Waals surface area contributed by atoms with E-state index in [1.54, 1.807) is 7.05 Å². The zero-order chi connectivity index (χ0) is 17.7. The first-order valence-electron chi connectivity index (χ1n) is 8.37. The zero-order valence-electron chi connectivity index (χ0n) is 16.1. The highest BCUT2D eigenvalue weighted by Crippen LogP contribution is 2.11. The molecule has 2 aromatic heterocycles. The van der Waals surface area contributed by atoms with Crippen molar-refractivity contribution < 1.29 is 0 Å². The van der Waals surface area contributed by atoms with E-state index in [9.17, 15) is 0 Å². The monoisotopic (exact) mass is 459 g/mol. The molecule has 2 heterocycles. The predicted molar refractivity (Wildman–Crippen MR) is 113 cm³/mol. The first-order valence-corrected chi connectivity index (χ1v) is 8.37. The van der Waals surface area contributed by atoms with Crippen LogP contribution in [0.5, 0.6) is 0 Å². The molecule has 25 heavy (non-hydrogen) atoms. The number of guanidine groups is 1. The van der Waals surface area contributed by atoms with E-state index in [1.165, 1.54) is 17.0 Å². The summed E-state index contributed by atoms with van der Waals surface area (Å²) in [4.78, 5) is 4.28. The number of halogens is 1. The van der Waals surface area contributed by atoms with Crippen LogP contribution in [0, 0.1) is 27.7 Å². The SMILES string of the molecule is CN=C(NCCCn1nc(C)cc1C)NCc1c(C)nn(C)c1C.I. The highest BCUT2D eigenvalue weighted by Gasteiger charge is 2.09. The number of aryl methyl sites for hydroxylation is 5. The van der Waals surface area contributed by atoms with Crippen molar-refractivity contribution in [2.24, 2.45) is 12.0 Å². The molecule has 0 aliphatic carbocycles. The molecule has 0 saturated carbocycles. The second kappa shape index (κ2) is 9.79. The Morgan fingerprint density at radius 1 is 1.16 bits per heavy atom. The van der Waals surface area contributed by atoms with Crippen LogP contribution in [-0.4, -0.2) is 39.1 Å². The van der Waals surface area contributed by atoms with Gasteiger partial charge in [0.15, 0.2) is 5.96 Å². The molecule has 2 N–H and O–H groups in total. The lowest BCUT2D eigenvalue weighted by molar-refractivity contribution is 0.555. The van der Waals surface area contributed by atoms with Crippen molar-refractivity contribution in [3.63, 3.8) is 0 Å². The third kappa shape index (κ3) is 5.72. The lowest BCUT2D eigenvalue weighted by Crippen LogP contribution is -2.37. The standard InChI is InChI=1S/C17H29N7.HI/c1-12-10-13(2)24(21-12)9-7-8-19-17(18-5)20-11-16-14(3)22-23(6)15(16)4;/h10H,7-9,11H2,1-6H3,(H2,18,19,20);1H. The van der Waals surface area contributed by atoms with Gasteiger partial charge in [0.05, 0.1) is 11.4 Å². The van der Waals surface area contributed by atoms with Crippen molar-refractivity contribution in [1.29, 1.82) is 0 Å². The number of hydrogen-bond acceptors (Lipinski definition) is 3. The van der Waals surface area contributed by atoms with Crippen LogP contribution in [0.15, 0.2) is 11.1 Å². The molecule has 0 unspecified atom stereocenters. The van der Waals surface area contributed by atoms with Crippen molar-refractivity contribution in [3.05, 3.63) is 34.4 Å². The van der Waals surface area contributed by atoms with Gasteiger partial charge in [-0.05, 0) is 40.2 Å². The van der Waals surface area contributed by atoms with Crippen LogP contribution in [0.4, 0.5) is 0 Å². The average Bonchev–Trinajstić information content (AvgIpc) is 2.98. The third-order valence-electron chi connectivity index (χ3n) is 4.26. The van der Waals surface area contributed by atoms with Crippen LogP contribution < -0.4 is 10.6 Å². The van der Waals surface area contributed by atoms with Gasteiger partial charge in [0, 0.05) is 50.7 Å². The average molecular weight is 459 g/mol. The molecule has 140 valence electrons. The summed E-state index contributed by atoms with van der Waals surface area (Å²) in [6, 6.07) is 2.10. The smallest absolute Gasteiger partial charge is 0.191 e. The van der Waals surface area contributed by atoms with Crippen molar-refractivity contribution in [3.8, 4) is 0 Å². The summed E-state index contributed by atoms with van der Waals surface area (Å²) in [5.41, 5.74) is 5.74. The molecule has 0 atom stereocenters. The lowest BCUT2D eigenvalue weighted by atomic mass is 10.2. The minimum atomic E-state index is 0. The molecule has 0 aliphatic rings. The first-order chi connectivity index (χ1) is 11.4. The largest absolute Gasteiger partial charge is 0.356 e. The van der Waals surface area contributed by atoms with Crippen LogP contribution in [0.25, 0.3) is 0 Å². The Morgan fingerprint density at radius 2 is 1.88 bits per heavy atom. The predicted octanol–water partition coefficient (Wildman–Crippen LogP) is 2.22. The summed E-state index contributed by atoms with van der Waals surface area (Å²) in [6.07, 6.45) is 0.994. The maximum absolute atomic E-state index is 4.48. The number of nitrogens with one attached hydrogen (secondary N) is 2. The Labute approximate surface area is 167 Å². The molecule has 2 aromatic rings. The number of nitrogens with zero attached hydrogens (tertiary/aromatic N) is 5. The van der Waals surface area contributed by atoms with Crippen molar-refractivity contribution in [2.45, 2.75) is 47.2 Å². The van der Waals surface area contributed by atoms with Crippen molar-refractivity contribution in [2.75, 3.05) is 13.6 Å². The number of rotatable bonds is 6. The van der Waals surface area contributed by atoms with Gasteiger partial charge in [0.25, 0.3) is 0 Å². The Kier molecular flexibility index (Phi) is 8.40. The maximum Gasteiger partial charge on any atom is 0.191 e. The second-order valence-electron chi connectivity index (χ2n) is 6.13. The highest BCUT2D eigenvalue weighted by atomic mass is 127. The van der Waals surface area contributed by atoms with Gasteiger partial charge in [-0.3, -0.25) is 14.4 Å². The van der Waals surface area contributed by atoms with Gasteiger partial charge in [0.1, 0.15) is 0 Å². The molecule has 2 rings (SSSR count). The van der Waals surface area contributed by atoms with E-state index in [2.05, 4.69) is 50.4 Å². The summed E-state index contributed by atoms with van der Waals surface area (Å²) in [5, 5.41) is 15.6. The molecule has 0 radical (unpaired) electrons. The van der Waals surface area contributed by atoms with E-state index < -0.39 is 0 Å². The van der Waals surface area contributed by atoms with Gasteiger partial charge in [-0.15, -0.1) is 24.0 Å². The summed E-state index contributed by atoms with van der Waals surface area (Å²) in [5.74, 6) is 0.811. The first kappa shape index (κ1) is 21.5. The molecular formula is C17H30IN7. The van der Waals surface area contributed by atoms with E-state index in [4.69, 9.17) is 0 Å². The zero-order valence-corrected chi connectivity index (χ0v) is 18.4. The van der Waals surface area contributed by atoms with Gasteiger partial charge >= 0.3 is 0 Å². The molecule has 8 heteroatoms. The van der Waals surface area contributed by atoms with Crippen LogP contribution in [0.2, 0.25) is 0 Å². The summed E-state index contributed by atoms with van der Waals surface area (Å²) in [7, 11) is 3.76. The highest BCUT2D eigenvalue weighted by molar-refractivity contribution is 14.0. The Balaban J connectivity index is 0.00000312. The molecule has 0 aliphatic heterocycles. The molecule has 0 bridgehead atoms. The molecule has 7 nitrogen and oxygen atoms in total. The van der Waals surface area contributed by atoms with Gasteiger partial charge in [-0.2, -0.15) is 10.2 Å². The Hall–Kier alpha value is -1.58. The van der Waals surface area contributed by atoms with E-state index in [0.717, 1.165) is 43.4 Å².